The molecule has 1 rings (SSSR count). The van der Waals surface area contributed by atoms with Crippen LogP contribution in [0.3, 0.4) is 0 Å². The van der Waals surface area contributed by atoms with Gasteiger partial charge in [-0.2, -0.15) is 0 Å². The highest BCUT2D eigenvalue weighted by Gasteiger charge is 2.16. The van der Waals surface area contributed by atoms with Gasteiger partial charge in [-0.3, -0.25) is 0 Å². The summed E-state index contributed by atoms with van der Waals surface area (Å²) in [6.07, 6.45) is 2.64. The molecule has 0 fully saturated rings. The Morgan fingerprint density at radius 1 is 1.56 bits per heavy atom. The number of aromatic nitrogens is 1. The Bertz CT molecular complexity index is 323. The highest BCUT2D eigenvalue weighted by molar-refractivity contribution is 7.15. The minimum atomic E-state index is -0.616. The smallest absolute Gasteiger partial charge is 0.185 e. The van der Waals surface area contributed by atoms with Crippen LogP contribution < -0.4 is 10.2 Å². The lowest BCUT2D eigenvalue weighted by atomic mass is 10.0. The zero-order valence-corrected chi connectivity index (χ0v) is 11.3. The lowest BCUT2D eigenvalue weighted by Gasteiger charge is -2.21. The van der Waals surface area contributed by atoms with E-state index in [-0.39, 0.29) is 0 Å². The third-order valence-corrected chi connectivity index (χ3v) is 3.66. The normalized spacial score (nSPS) is 14.8. The number of anilines is 1. The first-order valence-electron chi connectivity index (χ1n) is 5.50. The van der Waals surface area contributed by atoms with Crippen LogP contribution in [0.2, 0.25) is 0 Å². The second-order valence-electron chi connectivity index (χ2n) is 4.46. The van der Waals surface area contributed by atoms with Crippen molar-refractivity contribution in [3.8, 4) is 0 Å². The first-order valence-corrected chi connectivity index (χ1v) is 6.31. The molecule has 1 atom stereocenters. The summed E-state index contributed by atoms with van der Waals surface area (Å²) in [6.45, 7) is 5.21. The van der Waals surface area contributed by atoms with Gasteiger partial charge in [0, 0.05) is 38.3 Å². The SMILES string of the molecule is CCC(C)(O)CNCc1cnc(N(C)C)s1. The molecule has 4 nitrogen and oxygen atoms in total. The van der Waals surface area contributed by atoms with E-state index in [1.165, 1.54) is 4.88 Å². The number of hydrogen-bond acceptors (Lipinski definition) is 5. The summed E-state index contributed by atoms with van der Waals surface area (Å²) in [5, 5.41) is 14.1. The van der Waals surface area contributed by atoms with E-state index in [1.54, 1.807) is 11.3 Å². The average Bonchev–Trinajstić information content (AvgIpc) is 2.66. The standard InChI is InChI=1S/C11H21N3OS/c1-5-11(2,15)8-12-6-9-7-13-10(16-9)14(3)4/h7,12,15H,5-6,8H2,1-4H3. The number of aliphatic hydroxyl groups is 1. The summed E-state index contributed by atoms with van der Waals surface area (Å²) < 4.78 is 0. The van der Waals surface area contributed by atoms with E-state index < -0.39 is 5.60 Å². The number of hydrogen-bond donors (Lipinski definition) is 2. The maximum atomic E-state index is 9.81. The largest absolute Gasteiger partial charge is 0.389 e. The Morgan fingerprint density at radius 2 is 2.25 bits per heavy atom. The van der Waals surface area contributed by atoms with E-state index in [9.17, 15) is 5.11 Å². The summed E-state index contributed by atoms with van der Waals surface area (Å²) in [5.41, 5.74) is -0.616. The third kappa shape index (κ3) is 4.08. The molecule has 5 heteroatoms. The molecule has 0 aliphatic rings. The Morgan fingerprint density at radius 3 is 2.75 bits per heavy atom. The Kier molecular flexibility index (Phi) is 4.70. The van der Waals surface area contributed by atoms with Crippen LogP contribution in [0.25, 0.3) is 0 Å². The van der Waals surface area contributed by atoms with Crippen LogP contribution in [0.1, 0.15) is 25.1 Å². The monoisotopic (exact) mass is 243 g/mol. The fourth-order valence-electron chi connectivity index (χ4n) is 1.17. The summed E-state index contributed by atoms with van der Waals surface area (Å²) in [7, 11) is 3.97. The molecule has 1 unspecified atom stereocenters. The van der Waals surface area contributed by atoms with E-state index in [1.807, 2.05) is 39.0 Å². The molecule has 0 aliphatic heterocycles. The molecule has 0 aromatic carbocycles. The highest BCUT2D eigenvalue weighted by atomic mass is 32.1. The van der Waals surface area contributed by atoms with Crippen LogP contribution in [-0.2, 0) is 6.54 Å². The zero-order chi connectivity index (χ0) is 12.2. The van der Waals surface area contributed by atoms with Crippen molar-refractivity contribution in [1.82, 2.24) is 10.3 Å². The molecule has 0 saturated carbocycles. The Labute approximate surface area is 101 Å². The fourth-order valence-corrected chi connectivity index (χ4v) is 1.97. The van der Waals surface area contributed by atoms with Crippen LogP contribution in [-0.4, -0.2) is 36.3 Å². The van der Waals surface area contributed by atoms with Crippen molar-refractivity contribution in [2.75, 3.05) is 25.5 Å². The Hall–Kier alpha value is -0.650. The van der Waals surface area contributed by atoms with Crippen LogP contribution in [0.4, 0.5) is 5.13 Å². The van der Waals surface area contributed by atoms with Crippen LogP contribution in [0.5, 0.6) is 0 Å². The van der Waals surface area contributed by atoms with Crippen molar-refractivity contribution in [2.45, 2.75) is 32.4 Å². The maximum absolute atomic E-state index is 9.81. The number of rotatable bonds is 6. The van der Waals surface area contributed by atoms with E-state index in [4.69, 9.17) is 0 Å². The van der Waals surface area contributed by atoms with Gasteiger partial charge >= 0.3 is 0 Å². The quantitative estimate of drug-likeness (QED) is 0.794. The van der Waals surface area contributed by atoms with Crippen LogP contribution >= 0.6 is 11.3 Å². The van der Waals surface area contributed by atoms with Crippen molar-refractivity contribution in [2.24, 2.45) is 0 Å². The molecule has 2 N–H and O–H groups in total. The first kappa shape index (κ1) is 13.4. The molecular formula is C11H21N3OS. The van der Waals surface area contributed by atoms with Gasteiger partial charge in [0.05, 0.1) is 5.60 Å². The van der Waals surface area contributed by atoms with Gasteiger partial charge in [-0.15, -0.1) is 11.3 Å². The lowest BCUT2D eigenvalue weighted by Crippen LogP contribution is -2.36. The summed E-state index contributed by atoms with van der Waals surface area (Å²) in [6, 6.07) is 0. The second kappa shape index (κ2) is 5.61. The predicted octanol–water partition coefficient (Wildman–Crippen LogP) is 1.46. The highest BCUT2D eigenvalue weighted by Crippen LogP contribution is 2.20. The minimum absolute atomic E-state index is 0.610. The molecular weight excluding hydrogens is 222 g/mol. The summed E-state index contributed by atoms with van der Waals surface area (Å²) in [4.78, 5) is 7.48. The van der Waals surface area contributed by atoms with Crippen molar-refractivity contribution >= 4 is 16.5 Å². The minimum Gasteiger partial charge on any atom is -0.389 e. The molecule has 16 heavy (non-hydrogen) atoms. The number of nitrogens with zero attached hydrogens (tertiary/aromatic N) is 2. The maximum Gasteiger partial charge on any atom is 0.185 e. The van der Waals surface area contributed by atoms with E-state index >= 15 is 0 Å². The van der Waals surface area contributed by atoms with Crippen molar-refractivity contribution in [1.29, 1.82) is 0 Å². The van der Waals surface area contributed by atoms with Gasteiger partial charge in [0.1, 0.15) is 0 Å². The van der Waals surface area contributed by atoms with Gasteiger partial charge in [-0.25, -0.2) is 4.98 Å². The van der Waals surface area contributed by atoms with Gasteiger partial charge in [-0.1, -0.05) is 6.92 Å². The summed E-state index contributed by atoms with van der Waals surface area (Å²) >= 11 is 1.67. The molecule has 0 bridgehead atoms. The average molecular weight is 243 g/mol. The molecule has 1 aromatic rings. The van der Waals surface area contributed by atoms with E-state index in [2.05, 4.69) is 10.3 Å². The van der Waals surface area contributed by atoms with E-state index in [0.717, 1.165) is 18.1 Å². The van der Waals surface area contributed by atoms with Crippen molar-refractivity contribution in [3.05, 3.63) is 11.1 Å². The van der Waals surface area contributed by atoms with Crippen molar-refractivity contribution in [3.63, 3.8) is 0 Å². The summed E-state index contributed by atoms with van der Waals surface area (Å²) in [5.74, 6) is 0. The van der Waals surface area contributed by atoms with Gasteiger partial charge in [0.25, 0.3) is 0 Å². The van der Waals surface area contributed by atoms with Gasteiger partial charge in [-0.05, 0) is 13.3 Å². The lowest BCUT2D eigenvalue weighted by molar-refractivity contribution is 0.0556. The molecule has 0 amide bonds. The molecule has 92 valence electrons. The molecule has 1 aromatic heterocycles. The van der Waals surface area contributed by atoms with Crippen LogP contribution in [0.15, 0.2) is 6.20 Å². The molecule has 0 radical (unpaired) electrons. The Balaban J connectivity index is 2.37. The number of thiazole rings is 1. The molecule has 1 heterocycles. The molecule has 0 saturated heterocycles. The van der Waals surface area contributed by atoms with E-state index in [0.29, 0.717) is 6.54 Å². The fraction of sp³-hybridized carbons (Fsp3) is 0.727. The second-order valence-corrected chi connectivity index (χ2v) is 5.55. The number of nitrogens with one attached hydrogen (secondary N) is 1. The first-order chi connectivity index (χ1) is 7.44. The molecule has 0 spiro atoms. The predicted molar refractivity (Wildman–Crippen MR) is 69.1 cm³/mol. The molecule has 0 aliphatic carbocycles. The topological polar surface area (TPSA) is 48.4 Å². The van der Waals surface area contributed by atoms with Crippen LogP contribution in [0, 0.1) is 0 Å². The van der Waals surface area contributed by atoms with Gasteiger partial charge in [0.15, 0.2) is 5.13 Å². The van der Waals surface area contributed by atoms with Crippen molar-refractivity contribution < 1.29 is 5.11 Å². The van der Waals surface area contributed by atoms with Gasteiger partial charge < -0.3 is 15.3 Å². The zero-order valence-electron chi connectivity index (χ0n) is 10.4. The third-order valence-electron chi connectivity index (χ3n) is 2.49. The van der Waals surface area contributed by atoms with Gasteiger partial charge in [0.2, 0.25) is 0 Å².